The molecule has 0 radical (unpaired) electrons. The second-order valence-corrected chi connectivity index (χ2v) is 6.68. The smallest absolute Gasteiger partial charge is 0.416 e. The fourth-order valence-corrected chi connectivity index (χ4v) is 2.98. The summed E-state index contributed by atoms with van der Waals surface area (Å²) >= 11 is 0. The van der Waals surface area contributed by atoms with Crippen molar-refractivity contribution in [2.75, 3.05) is 25.0 Å². The highest BCUT2D eigenvalue weighted by Crippen LogP contribution is 2.31. The van der Waals surface area contributed by atoms with E-state index in [1.807, 2.05) is 0 Å². The summed E-state index contributed by atoms with van der Waals surface area (Å²) in [5.41, 5.74) is -1.11. The van der Waals surface area contributed by atoms with Crippen molar-refractivity contribution >= 4 is 15.7 Å². The van der Waals surface area contributed by atoms with Gasteiger partial charge in [-0.15, -0.1) is 0 Å². The van der Waals surface area contributed by atoms with Gasteiger partial charge in [-0.05, 0) is 42.5 Å². The molecule has 0 saturated heterocycles. The quantitative estimate of drug-likeness (QED) is 0.752. The van der Waals surface area contributed by atoms with Crippen molar-refractivity contribution < 1.29 is 31.1 Å². The Labute approximate surface area is 143 Å². The summed E-state index contributed by atoms with van der Waals surface area (Å²) in [7, 11) is -2.49. The van der Waals surface area contributed by atoms with Crippen LogP contribution in [0.15, 0.2) is 53.4 Å². The monoisotopic (exact) mass is 375 g/mol. The van der Waals surface area contributed by atoms with Gasteiger partial charge in [0.2, 0.25) is 0 Å². The summed E-state index contributed by atoms with van der Waals surface area (Å²) < 4.78 is 74.9. The van der Waals surface area contributed by atoms with E-state index in [0.717, 1.165) is 18.2 Å². The first kappa shape index (κ1) is 19.1. The van der Waals surface area contributed by atoms with Crippen LogP contribution in [-0.2, 0) is 20.9 Å². The molecule has 0 aliphatic rings. The van der Waals surface area contributed by atoms with E-state index < -0.39 is 21.8 Å². The van der Waals surface area contributed by atoms with E-state index in [0.29, 0.717) is 19.0 Å². The van der Waals surface area contributed by atoms with Crippen LogP contribution in [0.25, 0.3) is 0 Å². The summed E-state index contributed by atoms with van der Waals surface area (Å²) in [4.78, 5) is -0.0935. The number of methoxy groups -OCH3 is 1. The largest absolute Gasteiger partial charge is 0.491 e. The lowest BCUT2D eigenvalue weighted by molar-refractivity contribution is -0.137. The number of sulfonamides is 1. The highest BCUT2D eigenvalue weighted by Gasteiger charge is 2.30. The van der Waals surface area contributed by atoms with E-state index in [-0.39, 0.29) is 10.6 Å². The molecule has 136 valence electrons. The van der Waals surface area contributed by atoms with E-state index in [9.17, 15) is 21.6 Å². The first-order chi connectivity index (χ1) is 11.7. The first-order valence-electron chi connectivity index (χ1n) is 7.14. The van der Waals surface area contributed by atoms with Gasteiger partial charge in [0, 0.05) is 12.8 Å². The van der Waals surface area contributed by atoms with Crippen LogP contribution in [0.5, 0.6) is 5.75 Å². The summed E-state index contributed by atoms with van der Waals surface area (Å²) in [6.45, 7) is 0.697. The molecule has 0 heterocycles. The number of ether oxygens (including phenoxy) is 2. The maximum Gasteiger partial charge on any atom is 0.416 e. The van der Waals surface area contributed by atoms with E-state index in [1.54, 1.807) is 0 Å². The normalized spacial score (nSPS) is 12.0. The number of nitrogens with one attached hydrogen (secondary N) is 1. The number of anilines is 1. The number of halogens is 3. The zero-order valence-electron chi connectivity index (χ0n) is 13.2. The van der Waals surface area contributed by atoms with Crippen molar-refractivity contribution in [3.8, 4) is 5.75 Å². The lowest BCUT2D eigenvalue weighted by atomic mass is 10.2. The van der Waals surface area contributed by atoms with Crippen LogP contribution >= 0.6 is 0 Å². The van der Waals surface area contributed by atoms with Crippen molar-refractivity contribution in [1.82, 2.24) is 0 Å². The Morgan fingerprint density at radius 2 is 1.72 bits per heavy atom. The topological polar surface area (TPSA) is 64.6 Å². The molecule has 25 heavy (non-hydrogen) atoms. The lowest BCUT2D eigenvalue weighted by Crippen LogP contribution is -2.14. The molecule has 0 saturated carbocycles. The summed E-state index contributed by atoms with van der Waals surface area (Å²) in [6.07, 6.45) is -4.55. The predicted octanol–water partition coefficient (Wildman–Crippen LogP) is 3.53. The minimum absolute atomic E-state index is 0.0935. The van der Waals surface area contributed by atoms with Crippen LogP contribution in [0.4, 0.5) is 18.9 Å². The second kappa shape index (κ2) is 7.75. The van der Waals surface area contributed by atoms with Crippen molar-refractivity contribution in [2.45, 2.75) is 11.1 Å². The van der Waals surface area contributed by atoms with Crippen molar-refractivity contribution in [3.63, 3.8) is 0 Å². The Morgan fingerprint density at radius 3 is 2.32 bits per heavy atom. The highest BCUT2D eigenvalue weighted by molar-refractivity contribution is 7.92. The van der Waals surface area contributed by atoms with Gasteiger partial charge >= 0.3 is 6.18 Å². The zero-order valence-corrected chi connectivity index (χ0v) is 14.0. The molecule has 0 aromatic heterocycles. The molecule has 2 aromatic carbocycles. The Bertz CT molecular complexity index is 805. The third-order valence-electron chi connectivity index (χ3n) is 3.13. The van der Waals surface area contributed by atoms with Crippen LogP contribution in [-0.4, -0.2) is 28.7 Å². The van der Waals surface area contributed by atoms with E-state index in [1.165, 1.54) is 37.4 Å². The van der Waals surface area contributed by atoms with Gasteiger partial charge in [0.05, 0.1) is 17.1 Å². The van der Waals surface area contributed by atoms with Gasteiger partial charge < -0.3 is 9.47 Å². The molecule has 0 spiro atoms. The Hall–Kier alpha value is -2.26. The molecule has 0 fully saturated rings. The Balaban J connectivity index is 2.14. The van der Waals surface area contributed by atoms with Crippen molar-refractivity contribution in [3.05, 3.63) is 54.1 Å². The van der Waals surface area contributed by atoms with Gasteiger partial charge in [0.25, 0.3) is 10.0 Å². The minimum Gasteiger partial charge on any atom is -0.491 e. The maximum atomic E-state index is 12.7. The van der Waals surface area contributed by atoms with Gasteiger partial charge in [-0.1, -0.05) is 6.07 Å². The fourth-order valence-electron chi connectivity index (χ4n) is 1.93. The SMILES string of the molecule is COCCOc1ccc(S(=O)(=O)Nc2cccc(C(F)(F)F)c2)cc1. The molecule has 0 aliphatic carbocycles. The summed E-state index contributed by atoms with van der Waals surface area (Å²) in [6, 6.07) is 9.50. The number of rotatable bonds is 7. The first-order valence-corrected chi connectivity index (χ1v) is 8.62. The van der Waals surface area contributed by atoms with E-state index in [4.69, 9.17) is 9.47 Å². The molecule has 0 amide bonds. The lowest BCUT2D eigenvalue weighted by Gasteiger charge is -2.12. The molecule has 0 atom stereocenters. The van der Waals surface area contributed by atoms with Crippen LogP contribution in [0.1, 0.15) is 5.56 Å². The molecule has 2 rings (SSSR count). The van der Waals surface area contributed by atoms with Crippen LogP contribution in [0.2, 0.25) is 0 Å². The van der Waals surface area contributed by atoms with Crippen LogP contribution < -0.4 is 9.46 Å². The average Bonchev–Trinajstić information content (AvgIpc) is 2.55. The molecular formula is C16H16F3NO4S. The fraction of sp³-hybridized carbons (Fsp3) is 0.250. The van der Waals surface area contributed by atoms with Gasteiger partial charge in [-0.2, -0.15) is 13.2 Å². The van der Waals surface area contributed by atoms with Crippen molar-refractivity contribution in [1.29, 1.82) is 0 Å². The highest BCUT2D eigenvalue weighted by atomic mass is 32.2. The zero-order chi connectivity index (χ0) is 18.5. The van der Waals surface area contributed by atoms with Crippen LogP contribution in [0, 0.1) is 0 Å². The molecule has 9 heteroatoms. The summed E-state index contributed by atoms with van der Waals surface area (Å²) in [5.74, 6) is 0.454. The van der Waals surface area contributed by atoms with Gasteiger partial charge in [0.15, 0.2) is 0 Å². The average molecular weight is 375 g/mol. The molecule has 0 unspecified atom stereocenters. The molecule has 1 N–H and O–H groups in total. The second-order valence-electron chi connectivity index (χ2n) is 5.00. The van der Waals surface area contributed by atoms with Gasteiger partial charge in [0.1, 0.15) is 12.4 Å². The third kappa shape index (κ3) is 5.36. The standard InChI is InChI=1S/C16H16F3NO4S/c1-23-9-10-24-14-5-7-15(8-6-14)25(21,22)20-13-4-2-3-12(11-13)16(17,18)19/h2-8,11,20H,9-10H2,1H3. The number of benzene rings is 2. The van der Waals surface area contributed by atoms with Crippen LogP contribution in [0.3, 0.4) is 0 Å². The van der Waals surface area contributed by atoms with Gasteiger partial charge in [-0.25, -0.2) is 8.42 Å². The number of hydrogen-bond acceptors (Lipinski definition) is 4. The molecule has 2 aromatic rings. The Morgan fingerprint density at radius 1 is 1.04 bits per heavy atom. The summed E-state index contributed by atoms with van der Waals surface area (Å²) in [5, 5.41) is 0. The Kier molecular flexibility index (Phi) is 5.91. The van der Waals surface area contributed by atoms with Crippen molar-refractivity contribution in [2.24, 2.45) is 0 Å². The molecule has 0 bridgehead atoms. The molecule has 0 aliphatic heterocycles. The van der Waals surface area contributed by atoms with E-state index >= 15 is 0 Å². The maximum absolute atomic E-state index is 12.7. The van der Waals surface area contributed by atoms with E-state index in [2.05, 4.69) is 4.72 Å². The number of alkyl halides is 3. The third-order valence-corrected chi connectivity index (χ3v) is 4.53. The van der Waals surface area contributed by atoms with Gasteiger partial charge in [-0.3, -0.25) is 4.72 Å². The minimum atomic E-state index is -4.55. The molecule has 5 nitrogen and oxygen atoms in total. The number of hydrogen-bond donors (Lipinski definition) is 1. The molecular weight excluding hydrogens is 359 g/mol. The predicted molar refractivity (Wildman–Crippen MR) is 86.1 cm³/mol.